The zero-order chi connectivity index (χ0) is 18.4. The minimum Gasteiger partial charge on any atom is -0.497 e. The lowest BCUT2D eigenvalue weighted by molar-refractivity contribution is -0.119. The number of anilines is 1. The Balaban J connectivity index is 1.99. The van der Waals surface area contributed by atoms with E-state index in [9.17, 15) is 9.59 Å². The van der Waals surface area contributed by atoms with E-state index in [4.69, 9.17) is 14.2 Å². The van der Waals surface area contributed by atoms with Crippen LogP contribution in [0, 0.1) is 13.8 Å². The molecule has 0 fully saturated rings. The molecule has 0 aliphatic carbocycles. The fourth-order valence-electron chi connectivity index (χ4n) is 2.20. The van der Waals surface area contributed by atoms with Gasteiger partial charge in [0.1, 0.15) is 17.1 Å². The molecule has 0 saturated heterocycles. The summed E-state index contributed by atoms with van der Waals surface area (Å²) in [6.07, 6.45) is 0. The Labute approximate surface area is 146 Å². The molecule has 0 saturated carbocycles. The topological polar surface area (TPSA) is 73.9 Å². The van der Waals surface area contributed by atoms with Gasteiger partial charge in [0.25, 0.3) is 5.91 Å². The maximum absolute atomic E-state index is 12.2. The fourth-order valence-corrected chi connectivity index (χ4v) is 2.20. The van der Waals surface area contributed by atoms with E-state index in [2.05, 4.69) is 5.32 Å². The van der Waals surface area contributed by atoms with Gasteiger partial charge in [0.05, 0.1) is 14.2 Å². The third-order valence-corrected chi connectivity index (χ3v) is 3.75. The minimum absolute atomic E-state index is 0.195. The molecule has 25 heavy (non-hydrogen) atoms. The van der Waals surface area contributed by atoms with Crippen LogP contribution in [0.2, 0.25) is 0 Å². The smallest absolute Gasteiger partial charge is 0.342 e. The third kappa shape index (κ3) is 4.73. The third-order valence-electron chi connectivity index (χ3n) is 3.75. The van der Waals surface area contributed by atoms with Crippen LogP contribution in [0.5, 0.6) is 11.5 Å². The molecule has 2 aromatic rings. The lowest BCUT2D eigenvalue weighted by Gasteiger charge is -2.11. The molecule has 6 nitrogen and oxygen atoms in total. The van der Waals surface area contributed by atoms with Gasteiger partial charge in [-0.2, -0.15) is 0 Å². The molecular weight excluding hydrogens is 322 g/mol. The average Bonchev–Trinajstić information content (AvgIpc) is 2.62. The highest BCUT2D eigenvalue weighted by atomic mass is 16.5. The molecule has 0 aliphatic heterocycles. The minimum atomic E-state index is -0.661. The molecule has 0 radical (unpaired) electrons. The first kappa shape index (κ1) is 18.3. The van der Waals surface area contributed by atoms with Crippen LogP contribution in [-0.4, -0.2) is 32.7 Å². The number of hydrogen-bond acceptors (Lipinski definition) is 5. The van der Waals surface area contributed by atoms with Gasteiger partial charge in [-0.15, -0.1) is 0 Å². The molecule has 0 aliphatic rings. The summed E-state index contributed by atoms with van der Waals surface area (Å²) in [5.74, 6) is -0.239. The van der Waals surface area contributed by atoms with Crippen molar-refractivity contribution in [2.45, 2.75) is 13.8 Å². The van der Waals surface area contributed by atoms with Gasteiger partial charge in [-0.25, -0.2) is 4.79 Å². The van der Waals surface area contributed by atoms with Crippen LogP contribution in [0.15, 0.2) is 36.4 Å². The second kappa shape index (κ2) is 8.19. The molecule has 0 spiro atoms. The second-order valence-electron chi connectivity index (χ2n) is 5.49. The van der Waals surface area contributed by atoms with Crippen LogP contribution in [0.3, 0.4) is 0 Å². The molecule has 2 rings (SSSR count). The molecule has 0 unspecified atom stereocenters. The van der Waals surface area contributed by atoms with E-state index in [-0.39, 0.29) is 5.56 Å². The van der Waals surface area contributed by atoms with Crippen LogP contribution in [0.25, 0.3) is 0 Å². The summed E-state index contributed by atoms with van der Waals surface area (Å²) in [7, 11) is 2.94. The van der Waals surface area contributed by atoms with Gasteiger partial charge in [-0.1, -0.05) is 6.07 Å². The maximum atomic E-state index is 12.2. The Hall–Kier alpha value is -3.02. The number of rotatable bonds is 6. The molecular formula is C19H21NO5. The number of aryl methyl sites for hydroxylation is 2. The van der Waals surface area contributed by atoms with Crippen molar-refractivity contribution in [2.24, 2.45) is 0 Å². The average molecular weight is 343 g/mol. The second-order valence-corrected chi connectivity index (χ2v) is 5.49. The van der Waals surface area contributed by atoms with E-state index in [1.165, 1.54) is 20.3 Å². The number of carbonyl (C=O) groups is 2. The van der Waals surface area contributed by atoms with Gasteiger partial charge in [-0.3, -0.25) is 4.79 Å². The number of ether oxygens (including phenoxy) is 3. The monoisotopic (exact) mass is 343 g/mol. The maximum Gasteiger partial charge on any atom is 0.342 e. The van der Waals surface area contributed by atoms with E-state index in [1.807, 2.05) is 26.0 Å². The van der Waals surface area contributed by atoms with Crippen molar-refractivity contribution in [2.75, 3.05) is 26.1 Å². The van der Waals surface area contributed by atoms with Crippen molar-refractivity contribution >= 4 is 17.6 Å². The molecule has 0 bridgehead atoms. The first-order valence-corrected chi connectivity index (χ1v) is 7.71. The van der Waals surface area contributed by atoms with Gasteiger partial charge < -0.3 is 19.5 Å². The first-order chi connectivity index (χ1) is 11.9. The molecule has 0 heterocycles. The zero-order valence-electron chi connectivity index (χ0n) is 14.7. The highest BCUT2D eigenvalue weighted by Crippen LogP contribution is 2.24. The summed E-state index contributed by atoms with van der Waals surface area (Å²) in [6.45, 7) is 3.55. The van der Waals surface area contributed by atoms with Gasteiger partial charge in [0.2, 0.25) is 0 Å². The molecule has 1 N–H and O–H groups in total. The predicted molar refractivity (Wildman–Crippen MR) is 94.4 cm³/mol. The summed E-state index contributed by atoms with van der Waals surface area (Å²) in [6, 6.07) is 10.3. The molecule has 1 amide bonds. The van der Waals surface area contributed by atoms with Gasteiger partial charge in [0.15, 0.2) is 6.61 Å². The summed E-state index contributed by atoms with van der Waals surface area (Å²) < 4.78 is 15.3. The SMILES string of the molecule is COc1ccc(OC)c(C(=O)OCC(=O)Nc2ccc(C)c(C)c2)c1. The van der Waals surface area contributed by atoms with Crippen LogP contribution < -0.4 is 14.8 Å². The molecule has 0 aromatic heterocycles. The van der Waals surface area contributed by atoms with Gasteiger partial charge in [-0.05, 0) is 55.3 Å². The van der Waals surface area contributed by atoms with Crippen molar-refractivity contribution in [3.05, 3.63) is 53.1 Å². The van der Waals surface area contributed by atoms with Crippen molar-refractivity contribution < 1.29 is 23.8 Å². The summed E-state index contributed by atoms with van der Waals surface area (Å²) in [5, 5.41) is 2.70. The Bertz CT molecular complexity index is 785. The number of carbonyl (C=O) groups excluding carboxylic acids is 2. The van der Waals surface area contributed by atoms with Crippen LogP contribution in [0.1, 0.15) is 21.5 Å². The summed E-state index contributed by atoms with van der Waals surface area (Å²) in [4.78, 5) is 24.2. The number of nitrogens with one attached hydrogen (secondary N) is 1. The van der Waals surface area contributed by atoms with Crippen LogP contribution in [-0.2, 0) is 9.53 Å². The van der Waals surface area contributed by atoms with E-state index in [0.717, 1.165) is 11.1 Å². The van der Waals surface area contributed by atoms with E-state index in [1.54, 1.807) is 18.2 Å². The highest BCUT2D eigenvalue weighted by molar-refractivity contribution is 5.97. The van der Waals surface area contributed by atoms with Crippen molar-refractivity contribution in [3.8, 4) is 11.5 Å². The normalized spacial score (nSPS) is 10.1. The molecule has 6 heteroatoms. The Morgan fingerprint density at radius 2 is 1.72 bits per heavy atom. The molecule has 132 valence electrons. The Morgan fingerprint density at radius 1 is 0.960 bits per heavy atom. The van der Waals surface area contributed by atoms with Gasteiger partial charge >= 0.3 is 5.97 Å². The number of amides is 1. The fraction of sp³-hybridized carbons (Fsp3) is 0.263. The number of esters is 1. The lowest BCUT2D eigenvalue weighted by Crippen LogP contribution is -2.21. The largest absolute Gasteiger partial charge is 0.497 e. The molecule has 0 atom stereocenters. The predicted octanol–water partition coefficient (Wildman–Crippen LogP) is 3.12. The number of methoxy groups -OCH3 is 2. The number of benzene rings is 2. The van der Waals surface area contributed by atoms with Crippen molar-refractivity contribution in [3.63, 3.8) is 0 Å². The Morgan fingerprint density at radius 3 is 2.36 bits per heavy atom. The zero-order valence-corrected chi connectivity index (χ0v) is 14.7. The van der Waals surface area contributed by atoms with E-state index >= 15 is 0 Å². The van der Waals surface area contributed by atoms with Crippen LogP contribution >= 0.6 is 0 Å². The van der Waals surface area contributed by atoms with Crippen LogP contribution in [0.4, 0.5) is 5.69 Å². The summed E-state index contributed by atoms with van der Waals surface area (Å²) >= 11 is 0. The number of hydrogen-bond donors (Lipinski definition) is 1. The summed E-state index contributed by atoms with van der Waals surface area (Å²) in [5.41, 5.74) is 3.05. The van der Waals surface area contributed by atoms with Gasteiger partial charge in [0, 0.05) is 5.69 Å². The van der Waals surface area contributed by atoms with Crippen molar-refractivity contribution in [1.82, 2.24) is 0 Å². The van der Waals surface area contributed by atoms with E-state index in [0.29, 0.717) is 17.2 Å². The lowest BCUT2D eigenvalue weighted by atomic mass is 10.1. The molecule has 2 aromatic carbocycles. The quantitative estimate of drug-likeness (QED) is 0.816. The van der Waals surface area contributed by atoms with E-state index < -0.39 is 18.5 Å². The Kier molecular flexibility index (Phi) is 6.00. The first-order valence-electron chi connectivity index (χ1n) is 7.71. The van der Waals surface area contributed by atoms with Crippen molar-refractivity contribution in [1.29, 1.82) is 0 Å². The highest BCUT2D eigenvalue weighted by Gasteiger charge is 2.16. The standard InChI is InChI=1S/C19H21NO5/c1-12-5-6-14(9-13(12)2)20-18(21)11-25-19(22)16-10-15(23-3)7-8-17(16)24-4/h5-10H,11H2,1-4H3,(H,20,21).